The van der Waals surface area contributed by atoms with Crippen LogP contribution in [0.15, 0.2) is 54.6 Å². The summed E-state index contributed by atoms with van der Waals surface area (Å²) in [4.78, 5) is 0. The van der Waals surface area contributed by atoms with Crippen molar-refractivity contribution >= 4 is 12.2 Å². The fourth-order valence-electron chi connectivity index (χ4n) is 2.33. The molecule has 0 fully saturated rings. The molecule has 0 aliphatic heterocycles. The van der Waals surface area contributed by atoms with Crippen molar-refractivity contribution in [3.63, 3.8) is 0 Å². The fraction of sp³-hybridized carbons (Fsp3) is 0.111. The van der Waals surface area contributed by atoms with Crippen LogP contribution in [0.1, 0.15) is 22.5 Å². The van der Waals surface area contributed by atoms with E-state index in [-0.39, 0.29) is 12.4 Å². The Kier molecular flexibility index (Phi) is 4.59. The van der Waals surface area contributed by atoms with Crippen LogP contribution in [0.5, 0.6) is 0 Å². The first-order valence-electron chi connectivity index (χ1n) is 7.37. The molecule has 0 aliphatic rings. The number of halogens is 1. The Balaban J connectivity index is 1.91. The molecule has 0 spiro atoms. The van der Waals surface area contributed by atoms with Crippen LogP contribution in [-0.2, 0) is 13.1 Å². The van der Waals surface area contributed by atoms with E-state index < -0.39 is 0 Å². The fourth-order valence-corrected chi connectivity index (χ4v) is 2.33. The molecule has 116 valence electrons. The van der Waals surface area contributed by atoms with Gasteiger partial charge in [0.25, 0.3) is 0 Å². The summed E-state index contributed by atoms with van der Waals surface area (Å²) in [6.45, 7) is 0.597. The summed E-state index contributed by atoms with van der Waals surface area (Å²) in [5.74, 6) is -0.254. The van der Waals surface area contributed by atoms with E-state index in [1.807, 2.05) is 42.5 Å². The first kappa shape index (κ1) is 15.1. The van der Waals surface area contributed by atoms with Crippen molar-refractivity contribution in [2.24, 2.45) is 5.73 Å². The number of nitrogens with zero attached hydrogens (tertiary/aromatic N) is 3. The average molecular weight is 308 g/mol. The van der Waals surface area contributed by atoms with Gasteiger partial charge in [-0.2, -0.15) is 0 Å². The summed E-state index contributed by atoms with van der Waals surface area (Å²) in [6.07, 6.45) is 3.88. The van der Waals surface area contributed by atoms with Crippen molar-refractivity contribution in [3.05, 3.63) is 82.9 Å². The number of nitrogens with two attached hydrogens (primary N) is 1. The number of hydrogen-bond donors (Lipinski definition) is 1. The van der Waals surface area contributed by atoms with Gasteiger partial charge in [-0.05, 0) is 17.7 Å². The third-order valence-corrected chi connectivity index (χ3v) is 3.55. The zero-order chi connectivity index (χ0) is 16.1. The molecular weight excluding hydrogens is 291 g/mol. The molecule has 0 atom stereocenters. The van der Waals surface area contributed by atoms with Gasteiger partial charge in [-0.3, -0.25) is 0 Å². The highest BCUT2D eigenvalue weighted by Crippen LogP contribution is 2.14. The Bertz CT molecular complexity index is 809. The third-order valence-electron chi connectivity index (χ3n) is 3.55. The number of benzene rings is 2. The smallest absolute Gasteiger partial charge is 0.128 e. The molecule has 0 amide bonds. The van der Waals surface area contributed by atoms with E-state index in [9.17, 15) is 4.39 Å². The molecule has 0 bridgehead atoms. The van der Waals surface area contributed by atoms with Gasteiger partial charge in [-0.1, -0.05) is 59.8 Å². The first-order chi connectivity index (χ1) is 11.3. The van der Waals surface area contributed by atoms with E-state index in [0.29, 0.717) is 17.8 Å². The molecule has 3 aromatic rings. The molecule has 4 nitrogen and oxygen atoms in total. The molecule has 23 heavy (non-hydrogen) atoms. The van der Waals surface area contributed by atoms with Gasteiger partial charge in [0, 0.05) is 12.1 Å². The summed E-state index contributed by atoms with van der Waals surface area (Å²) in [6, 6.07) is 16.6. The molecule has 0 saturated carbocycles. The van der Waals surface area contributed by atoms with E-state index in [0.717, 1.165) is 11.3 Å². The van der Waals surface area contributed by atoms with Crippen LogP contribution in [0.4, 0.5) is 4.39 Å². The SMILES string of the molecule is NCc1nnn(Cc2ccccc2F)c1/C=C/c1ccccc1. The highest BCUT2D eigenvalue weighted by Gasteiger charge is 2.11. The monoisotopic (exact) mass is 308 g/mol. The lowest BCUT2D eigenvalue weighted by Gasteiger charge is -2.05. The number of aromatic nitrogens is 3. The van der Waals surface area contributed by atoms with Crippen LogP contribution in [0.25, 0.3) is 12.2 Å². The standard InChI is InChI=1S/C18H17FN4/c19-16-9-5-4-8-15(16)13-23-18(17(12-20)21-22-23)11-10-14-6-2-1-3-7-14/h1-11H,12-13,20H2/b11-10+. The highest BCUT2D eigenvalue weighted by atomic mass is 19.1. The summed E-state index contributed by atoms with van der Waals surface area (Å²) in [5, 5.41) is 8.19. The van der Waals surface area contributed by atoms with Crippen LogP contribution >= 0.6 is 0 Å². The van der Waals surface area contributed by atoms with Crippen LogP contribution in [0, 0.1) is 5.82 Å². The maximum atomic E-state index is 13.8. The van der Waals surface area contributed by atoms with Crippen molar-refractivity contribution < 1.29 is 4.39 Å². The van der Waals surface area contributed by atoms with E-state index in [1.165, 1.54) is 6.07 Å². The molecule has 1 aromatic heterocycles. The van der Waals surface area contributed by atoms with Gasteiger partial charge >= 0.3 is 0 Å². The summed E-state index contributed by atoms with van der Waals surface area (Å²) in [7, 11) is 0. The second kappa shape index (κ2) is 6.98. The molecule has 0 aliphatic carbocycles. The second-order valence-corrected chi connectivity index (χ2v) is 5.12. The Hall–Kier alpha value is -2.79. The third kappa shape index (κ3) is 3.52. The Labute approximate surface area is 134 Å². The largest absolute Gasteiger partial charge is 0.325 e. The van der Waals surface area contributed by atoms with Gasteiger partial charge in [-0.25, -0.2) is 9.07 Å². The van der Waals surface area contributed by atoms with E-state index in [2.05, 4.69) is 10.3 Å². The maximum Gasteiger partial charge on any atom is 0.128 e. The second-order valence-electron chi connectivity index (χ2n) is 5.12. The number of hydrogen-bond acceptors (Lipinski definition) is 3. The van der Waals surface area contributed by atoms with Gasteiger partial charge in [0.1, 0.15) is 11.5 Å². The molecule has 3 rings (SSSR count). The quantitative estimate of drug-likeness (QED) is 0.788. The summed E-state index contributed by atoms with van der Waals surface area (Å²) in [5.41, 5.74) is 8.84. The number of rotatable bonds is 5. The van der Waals surface area contributed by atoms with Gasteiger partial charge in [0.15, 0.2) is 0 Å². The lowest BCUT2D eigenvalue weighted by atomic mass is 10.1. The van der Waals surface area contributed by atoms with Crippen molar-refractivity contribution in [3.8, 4) is 0 Å². The van der Waals surface area contributed by atoms with Gasteiger partial charge in [0.2, 0.25) is 0 Å². The van der Waals surface area contributed by atoms with E-state index in [4.69, 9.17) is 5.73 Å². The lowest BCUT2D eigenvalue weighted by molar-refractivity contribution is 0.575. The Morgan fingerprint density at radius 1 is 1.00 bits per heavy atom. The summed E-state index contributed by atoms with van der Waals surface area (Å²) < 4.78 is 15.5. The predicted molar refractivity (Wildman–Crippen MR) is 88.8 cm³/mol. The van der Waals surface area contributed by atoms with Crippen molar-refractivity contribution in [1.29, 1.82) is 0 Å². The highest BCUT2D eigenvalue weighted by molar-refractivity contribution is 5.68. The van der Waals surface area contributed by atoms with E-state index >= 15 is 0 Å². The molecule has 5 heteroatoms. The maximum absolute atomic E-state index is 13.8. The zero-order valence-corrected chi connectivity index (χ0v) is 12.6. The van der Waals surface area contributed by atoms with Gasteiger partial charge in [0.05, 0.1) is 12.2 Å². The zero-order valence-electron chi connectivity index (χ0n) is 12.6. The van der Waals surface area contributed by atoms with Crippen LogP contribution in [0.3, 0.4) is 0 Å². The predicted octanol–water partition coefficient (Wildman–Crippen LogP) is 3.09. The van der Waals surface area contributed by atoms with Crippen molar-refractivity contribution in [2.75, 3.05) is 0 Å². The van der Waals surface area contributed by atoms with E-state index in [1.54, 1.807) is 22.9 Å². The molecule has 0 radical (unpaired) electrons. The lowest BCUT2D eigenvalue weighted by Crippen LogP contribution is -2.07. The molecule has 1 heterocycles. The molecule has 2 aromatic carbocycles. The Morgan fingerprint density at radius 3 is 2.48 bits per heavy atom. The molecule has 2 N–H and O–H groups in total. The summed E-state index contributed by atoms with van der Waals surface area (Å²) >= 11 is 0. The normalized spacial score (nSPS) is 11.2. The van der Waals surface area contributed by atoms with Gasteiger partial charge in [-0.15, -0.1) is 5.10 Å². The minimum atomic E-state index is -0.254. The molecule has 0 unspecified atom stereocenters. The van der Waals surface area contributed by atoms with Crippen LogP contribution in [-0.4, -0.2) is 15.0 Å². The van der Waals surface area contributed by atoms with Crippen LogP contribution in [0.2, 0.25) is 0 Å². The minimum absolute atomic E-state index is 0.254. The topological polar surface area (TPSA) is 56.7 Å². The first-order valence-corrected chi connectivity index (χ1v) is 7.37. The minimum Gasteiger partial charge on any atom is -0.325 e. The van der Waals surface area contributed by atoms with Crippen molar-refractivity contribution in [1.82, 2.24) is 15.0 Å². The average Bonchev–Trinajstić information content (AvgIpc) is 2.98. The van der Waals surface area contributed by atoms with Crippen LogP contribution < -0.4 is 5.73 Å². The van der Waals surface area contributed by atoms with Crippen molar-refractivity contribution in [2.45, 2.75) is 13.1 Å². The van der Waals surface area contributed by atoms with Gasteiger partial charge < -0.3 is 5.73 Å². The molecule has 0 saturated heterocycles. The Morgan fingerprint density at radius 2 is 1.74 bits per heavy atom. The molecular formula is C18H17FN4.